The number of alkyl halides is 3. The molecular weight excluding hydrogens is 259 g/mol. The highest BCUT2D eigenvalue weighted by Crippen LogP contribution is 2.31. The molecule has 1 heterocycles. The number of nitrogens with one attached hydrogen (secondary N) is 1. The minimum absolute atomic E-state index is 0.0184. The van der Waals surface area contributed by atoms with Crippen molar-refractivity contribution in [1.29, 1.82) is 5.26 Å². The van der Waals surface area contributed by atoms with E-state index >= 15 is 0 Å². The van der Waals surface area contributed by atoms with Crippen molar-refractivity contribution in [1.82, 2.24) is 9.97 Å². The minimum Gasteiger partial charge on any atom is -0.305 e. The van der Waals surface area contributed by atoms with Gasteiger partial charge in [-0.2, -0.15) is 18.4 Å². The normalized spacial score (nSPS) is 11.1. The van der Waals surface area contributed by atoms with Gasteiger partial charge in [0.1, 0.15) is 17.5 Å². The maximum atomic E-state index is 12.5. The van der Waals surface area contributed by atoms with Gasteiger partial charge in [-0.25, -0.2) is 4.98 Å². The highest BCUT2D eigenvalue weighted by Gasteiger charge is 2.30. The highest BCUT2D eigenvalue weighted by atomic mass is 19.4. The Morgan fingerprint density at radius 2 is 2.05 bits per heavy atom. The molecule has 2 rings (SSSR count). The Morgan fingerprint density at radius 3 is 2.63 bits per heavy atom. The van der Waals surface area contributed by atoms with Crippen LogP contribution in [0.2, 0.25) is 0 Å². The summed E-state index contributed by atoms with van der Waals surface area (Å²) in [6, 6.07) is 6.03. The highest BCUT2D eigenvalue weighted by molar-refractivity contribution is 5.56. The maximum Gasteiger partial charge on any atom is 0.416 e. The van der Waals surface area contributed by atoms with E-state index in [-0.39, 0.29) is 17.0 Å². The van der Waals surface area contributed by atoms with Crippen LogP contribution in [-0.2, 0) is 6.18 Å². The predicted molar refractivity (Wildman–Crippen MR) is 60.0 cm³/mol. The quantitative estimate of drug-likeness (QED) is 0.860. The van der Waals surface area contributed by atoms with Gasteiger partial charge in [-0.05, 0) is 12.1 Å². The first-order chi connectivity index (χ1) is 8.91. The predicted octanol–water partition coefficient (Wildman–Crippen LogP) is 2.33. The molecule has 19 heavy (non-hydrogen) atoms. The Balaban J connectivity index is 2.52. The van der Waals surface area contributed by atoms with Crippen molar-refractivity contribution >= 4 is 0 Å². The molecule has 4 nitrogen and oxygen atoms in total. The molecule has 0 fully saturated rings. The number of H-pyrrole nitrogens is 1. The fourth-order valence-electron chi connectivity index (χ4n) is 1.46. The molecule has 0 bridgehead atoms. The van der Waals surface area contributed by atoms with Crippen LogP contribution in [0.5, 0.6) is 0 Å². The summed E-state index contributed by atoms with van der Waals surface area (Å²) in [6.07, 6.45) is -3.45. The molecule has 0 aliphatic carbocycles. The molecule has 0 spiro atoms. The summed E-state index contributed by atoms with van der Waals surface area (Å²) in [5.41, 5.74) is -1.60. The van der Waals surface area contributed by atoms with E-state index in [0.29, 0.717) is 0 Å². The van der Waals surface area contributed by atoms with Gasteiger partial charge in [-0.1, -0.05) is 12.1 Å². The Morgan fingerprint density at radius 1 is 1.32 bits per heavy atom. The van der Waals surface area contributed by atoms with Gasteiger partial charge in [0.25, 0.3) is 5.56 Å². The number of aromatic nitrogens is 2. The summed E-state index contributed by atoms with van der Waals surface area (Å²) >= 11 is 0. The second-order valence-corrected chi connectivity index (χ2v) is 3.66. The molecule has 0 saturated carbocycles. The number of hydrogen-bond acceptors (Lipinski definition) is 3. The molecule has 1 N–H and O–H groups in total. The van der Waals surface area contributed by atoms with Gasteiger partial charge in [0, 0.05) is 5.56 Å². The largest absolute Gasteiger partial charge is 0.416 e. The van der Waals surface area contributed by atoms with Crippen LogP contribution in [0.25, 0.3) is 11.4 Å². The van der Waals surface area contributed by atoms with Gasteiger partial charge < -0.3 is 4.98 Å². The molecule has 0 saturated heterocycles. The maximum absolute atomic E-state index is 12.5. The van der Waals surface area contributed by atoms with Crippen molar-refractivity contribution < 1.29 is 13.2 Å². The number of hydrogen-bond donors (Lipinski definition) is 1. The summed E-state index contributed by atoms with van der Waals surface area (Å²) in [6.45, 7) is 0. The van der Waals surface area contributed by atoms with Crippen LogP contribution in [0.1, 0.15) is 11.1 Å². The smallest absolute Gasteiger partial charge is 0.305 e. The van der Waals surface area contributed by atoms with E-state index in [1.807, 2.05) is 0 Å². The van der Waals surface area contributed by atoms with Crippen LogP contribution in [0.3, 0.4) is 0 Å². The number of halogens is 3. The van der Waals surface area contributed by atoms with Crippen molar-refractivity contribution in [3.8, 4) is 17.5 Å². The fourth-order valence-corrected chi connectivity index (χ4v) is 1.46. The van der Waals surface area contributed by atoms with E-state index in [0.717, 1.165) is 18.3 Å². The first-order valence-electron chi connectivity index (χ1n) is 5.09. The number of rotatable bonds is 1. The van der Waals surface area contributed by atoms with Gasteiger partial charge in [-0.15, -0.1) is 0 Å². The van der Waals surface area contributed by atoms with E-state index < -0.39 is 17.3 Å². The average Bonchev–Trinajstić information content (AvgIpc) is 2.38. The van der Waals surface area contributed by atoms with Gasteiger partial charge in [0.15, 0.2) is 0 Å². The fraction of sp³-hybridized carbons (Fsp3) is 0.0833. The molecule has 0 atom stereocenters. The average molecular weight is 265 g/mol. The van der Waals surface area contributed by atoms with Crippen molar-refractivity contribution in [2.75, 3.05) is 0 Å². The van der Waals surface area contributed by atoms with E-state index in [4.69, 9.17) is 5.26 Å². The molecule has 2 aromatic rings. The van der Waals surface area contributed by atoms with E-state index in [9.17, 15) is 18.0 Å². The van der Waals surface area contributed by atoms with Gasteiger partial charge >= 0.3 is 6.18 Å². The molecule has 96 valence electrons. The Hall–Kier alpha value is -2.62. The second-order valence-electron chi connectivity index (χ2n) is 3.66. The molecule has 0 aliphatic heterocycles. The SMILES string of the molecule is N#Cc1cnc(-c2cccc(C(F)(F)F)c2)[nH]c1=O. The first-order valence-corrected chi connectivity index (χ1v) is 5.09. The molecule has 1 aromatic carbocycles. The van der Waals surface area contributed by atoms with Crippen LogP contribution in [-0.4, -0.2) is 9.97 Å². The van der Waals surface area contributed by atoms with Crippen LogP contribution >= 0.6 is 0 Å². The molecule has 1 aromatic heterocycles. The van der Waals surface area contributed by atoms with Crippen LogP contribution in [0.4, 0.5) is 13.2 Å². The van der Waals surface area contributed by atoms with Crippen molar-refractivity contribution in [2.24, 2.45) is 0 Å². The van der Waals surface area contributed by atoms with E-state index in [1.165, 1.54) is 12.1 Å². The molecule has 7 heteroatoms. The molecule has 0 aliphatic rings. The zero-order chi connectivity index (χ0) is 14.0. The lowest BCUT2D eigenvalue weighted by atomic mass is 10.1. The van der Waals surface area contributed by atoms with E-state index in [1.54, 1.807) is 6.07 Å². The standard InChI is InChI=1S/C12H6F3N3O/c13-12(14,15)9-3-1-2-7(4-9)10-17-6-8(5-16)11(19)18-10/h1-4,6H,(H,17,18,19). The van der Waals surface area contributed by atoms with Crippen LogP contribution < -0.4 is 5.56 Å². The number of benzene rings is 1. The summed E-state index contributed by atoms with van der Waals surface area (Å²) in [7, 11) is 0. The first kappa shape index (κ1) is 12.8. The van der Waals surface area contributed by atoms with Gasteiger partial charge in [0.05, 0.1) is 11.8 Å². The summed E-state index contributed by atoms with van der Waals surface area (Å²) in [5.74, 6) is -0.0184. The number of nitriles is 1. The van der Waals surface area contributed by atoms with Gasteiger partial charge in [-0.3, -0.25) is 4.79 Å². The molecular formula is C12H6F3N3O. The molecule has 0 amide bonds. The second kappa shape index (κ2) is 4.57. The lowest BCUT2D eigenvalue weighted by Crippen LogP contribution is -2.12. The zero-order valence-corrected chi connectivity index (χ0v) is 9.32. The van der Waals surface area contributed by atoms with Crippen molar-refractivity contribution in [3.05, 3.63) is 51.9 Å². The zero-order valence-electron chi connectivity index (χ0n) is 9.32. The Bertz CT molecular complexity index is 713. The molecule has 0 radical (unpaired) electrons. The third-order valence-corrected chi connectivity index (χ3v) is 2.38. The van der Waals surface area contributed by atoms with Crippen molar-refractivity contribution in [3.63, 3.8) is 0 Å². The van der Waals surface area contributed by atoms with Crippen molar-refractivity contribution in [2.45, 2.75) is 6.18 Å². The summed E-state index contributed by atoms with van der Waals surface area (Å²) < 4.78 is 37.6. The van der Waals surface area contributed by atoms with Gasteiger partial charge in [0.2, 0.25) is 0 Å². The summed E-state index contributed by atoms with van der Waals surface area (Å²) in [5, 5.41) is 8.57. The lowest BCUT2D eigenvalue weighted by Gasteiger charge is -2.08. The lowest BCUT2D eigenvalue weighted by molar-refractivity contribution is -0.137. The Labute approximate surface area is 105 Å². The van der Waals surface area contributed by atoms with E-state index in [2.05, 4.69) is 9.97 Å². The van der Waals surface area contributed by atoms with Crippen LogP contribution in [0, 0.1) is 11.3 Å². The molecule has 0 unspecified atom stereocenters. The minimum atomic E-state index is -4.47. The third kappa shape index (κ3) is 2.63. The third-order valence-electron chi connectivity index (χ3n) is 2.38. The monoisotopic (exact) mass is 265 g/mol. The summed E-state index contributed by atoms with van der Waals surface area (Å²) in [4.78, 5) is 17.4. The Kier molecular flexibility index (Phi) is 3.09. The number of nitrogens with zero attached hydrogens (tertiary/aromatic N) is 2. The number of aromatic amines is 1. The topological polar surface area (TPSA) is 69.5 Å². The van der Waals surface area contributed by atoms with Crippen LogP contribution in [0.15, 0.2) is 35.3 Å².